The van der Waals surface area contributed by atoms with Gasteiger partial charge in [0, 0.05) is 6.04 Å². The number of hydrogen-bond donors (Lipinski definition) is 1. The lowest BCUT2D eigenvalue weighted by atomic mass is 10.1. The predicted molar refractivity (Wildman–Crippen MR) is 72.0 cm³/mol. The van der Waals surface area contributed by atoms with Crippen LogP contribution < -0.4 is 5.32 Å². The minimum atomic E-state index is -0.756. The van der Waals surface area contributed by atoms with Gasteiger partial charge in [0.15, 0.2) is 6.10 Å². The van der Waals surface area contributed by atoms with Crippen molar-refractivity contribution in [1.82, 2.24) is 5.32 Å². The van der Waals surface area contributed by atoms with Crippen LogP contribution >= 0.6 is 0 Å². The number of nitrogens with one attached hydrogen (secondary N) is 1. The maximum atomic E-state index is 12.0. The molecule has 0 aliphatic heterocycles. The van der Waals surface area contributed by atoms with Crippen LogP contribution in [0.5, 0.6) is 0 Å². The Morgan fingerprint density at radius 1 is 1.21 bits per heavy atom. The van der Waals surface area contributed by atoms with Crippen molar-refractivity contribution in [1.29, 1.82) is 0 Å². The van der Waals surface area contributed by atoms with Gasteiger partial charge < -0.3 is 10.1 Å². The van der Waals surface area contributed by atoms with Gasteiger partial charge in [-0.2, -0.15) is 0 Å². The minimum absolute atomic E-state index is 0.222. The first kappa shape index (κ1) is 13.6. The van der Waals surface area contributed by atoms with E-state index in [1.807, 2.05) is 19.9 Å². The molecular weight excluding hydrogens is 242 g/mol. The number of carbonyl (C=O) groups is 2. The largest absolute Gasteiger partial charge is 0.449 e. The zero-order valence-corrected chi connectivity index (χ0v) is 11.5. The summed E-state index contributed by atoms with van der Waals surface area (Å²) in [6.07, 6.45) is 1.28. The molecular formula is C15H19NO3. The van der Waals surface area contributed by atoms with Gasteiger partial charge in [-0.1, -0.05) is 17.2 Å². The number of benzene rings is 1. The average molecular weight is 261 g/mol. The zero-order valence-electron chi connectivity index (χ0n) is 11.5. The molecule has 1 aliphatic rings. The van der Waals surface area contributed by atoms with E-state index in [0.29, 0.717) is 5.56 Å². The molecule has 1 aromatic rings. The Hall–Kier alpha value is -1.84. The van der Waals surface area contributed by atoms with Gasteiger partial charge in [-0.3, -0.25) is 4.79 Å². The quantitative estimate of drug-likeness (QED) is 0.845. The van der Waals surface area contributed by atoms with Crippen LogP contribution in [-0.2, 0) is 9.53 Å². The van der Waals surface area contributed by atoms with E-state index in [2.05, 4.69) is 5.32 Å². The highest BCUT2D eigenvalue weighted by atomic mass is 16.5. The highest BCUT2D eigenvalue weighted by Gasteiger charge is 2.27. The summed E-state index contributed by atoms with van der Waals surface area (Å²) < 4.78 is 5.19. The van der Waals surface area contributed by atoms with Crippen LogP contribution in [0.1, 0.15) is 41.3 Å². The number of ether oxygens (including phenoxy) is 1. The van der Waals surface area contributed by atoms with E-state index in [1.54, 1.807) is 19.1 Å². The summed E-state index contributed by atoms with van der Waals surface area (Å²) in [5, 5.41) is 2.82. The zero-order chi connectivity index (χ0) is 14.0. The van der Waals surface area contributed by atoms with E-state index in [4.69, 9.17) is 4.74 Å². The highest BCUT2D eigenvalue weighted by Crippen LogP contribution is 2.19. The smallest absolute Gasteiger partial charge is 0.338 e. The Kier molecular flexibility index (Phi) is 3.88. The topological polar surface area (TPSA) is 55.4 Å². The minimum Gasteiger partial charge on any atom is -0.449 e. The molecule has 0 radical (unpaired) electrons. The van der Waals surface area contributed by atoms with Gasteiger partial charge >= 0.3 is 5.97 Å². The Balaban J connectivity index is 1.97. The maximum absolute atomic E-state index is 12.0. The molecule has 19 heavy (non-hydrogen) atoms. The summed E-state index contributed by atoms with van der Waals surface area (Å²) in [4.78, 5) is 23.7. The van der Waals surface area contributed by atoms with Crippen LogP contribution in [0.2, 0.25) is 0 Å². The fourth-order valence-electron chi connectivity index (χ4n) is 1.92. The fourth-order valence-corrected chi connectivity index (χ4v) is 1.92. The van der Waals surface area contributed by atoms with Crippen LogP contribution in [0, 0.1) is 13.8 Å². The molecule has 1 amide bonds. The Morgan fingerprint density at radius 3 is 2.32 bits per heavy atom. The molecule has 102 valence electrons. The summed E-state index contributed by atoms with van der Waals surface area (Å²) in [6, 6.07) is 5.79. The van der Waals surface area contributed by atoms with Crippen LogP contribution in [0.25, 0.3) is 0 Å². The highest BCUT2D eigenvalue weighted by molar-refractivity contribution is 5.92. The summed E-state index contributed by atoms with van der Waals surface area (Å²) >= 11 is 0. The lowest BCUT2D eigenvalue weighted by molar-refractivity contribution is -0.129. The standard InChI is InChI=1S/C15H19NO3/c1-9-6-10(2)8-12(7-9)15(18)19-11(3)14(17)16-13-4-5-13/h6-8,11,13H,4-5H2,1-3H3,(H,16,17)/t11-/m1/s1. The number of esters is 1. The molecule has 1 N–H and O–H groups in total. The predicted octanol–water partition coefficient (Wildman–Crippen LogP) is 2.13. The second-order valence-electron chi connectivity index (χ2n) is 5.21. The van der Waals surface area contributed by atoms with Crippen LogP contribution in [-0.4, -0.2) is 24.0 Å². The summed E-state index contributed by atoms with van der Waals surface area (Å²) in [6.45, 7) is 5.44. The molecule has 0 unspecified atom stereocenters. The van der Waals surface area contributed by atoms with Crippen molar-refractivity contribution in [2.75, 3.05) is 0 Å². The van der Waals surface area contributed by atoms with E-state index in [1.165, 1.54) is 0 Å². The van der Waals surface area contributed by atoms with E-state index in [0.717, 1.165) is 24.0 Å². The SMILES string of the molecule is Cc1cc(C)cc(C(=O)O[C@H](C)C(=O)NC2CC2)c1. The summed E-state index contributed by atoms with van der Waals surface area (Å²) in [5.74, 6) is -0.675. The summed E-state index contributed by atoms with van der Waals surface area (Å²) in [5.41, 5.74) is 2.49. The third-order valence-electron chi connectivity index (χ3n) is 3.03. The molecule has 1 saturated carbocycles. The molecule has 4 heteroatoms. The fraction of sp³-hybridized carbons (Fsp3) is 0.467. The van der Waals surface area contributed by atoms with E-state index < -0.39 is 12.1 Å². The van der Waals surface area contributed by atoms with Crippen LogP contribution in [0.4, 0.5) is 0 Å². The molecule has 1 aromatic carbocycles. The van der Waals surface area contributed by atoms with Gasteiger partial charge in [0.25, 0.3) is 5.91 Å². The number of carbonyl (C=O) groups excluding carboxylic acids is 2. The first-order valence-corrected chi connectivity index (χ1v) is 6.55. The van der Waals surface area contributed by atoms with Gasteiger partial charge in [0.05, 0.1) is 5.56 Å². The normalized spacial score (nSPS) is 15.7. The van der Waals surface area contributed by atoms with E-state index in [-0.39, 0.29) is 11.9 Å². The second-order valence-corrected chi connectivity index (χ2v) is 5.21. The monoisotopic (exact) mass is 261 g/mol. The lowest BCUT2D eigenvalue weighted by Gasteiger charge is -2.13. The first-order valence-electron chi connectivity index (χ1n) is 6.55. The van der Waals surface area contributed by atoms with Crippen molar-refractivity contribution in [3.8, 4) is 0 Å². The van der Waals surface area contributed by atoms with Crippen LogP contribution in [0.15, 0.2) is 18.2 Å². The van der Waals surface area contributed by atoms with Crippen LogP contribution in [0.3, 0.4) is 0 Å². The van der Waals surface area contributed by atoms with Gasteiger partial charge in [-0.05, 0) is 45.7 Å². The van der Waals surface area contributed by atoms with E-state index in [9.17, 15) is 9.59 Å². The summed E-state index contributed by atoms with van der Waals surface area (Å²) in [7, 11) is 0. The van der Waals surface area contributed by atoms with Gasteiger partial charge in [0.2, 0.25) is 0 Å². The molecule has 0 spiro atoms. The van der Waals surface area contributed by atoms with Crippen molar-refractivity contribution in [3.05, 3.63) is 34.9 Å². The number of aryl methyl sites for hydroxylation is 2. The molecule has 2 rings (SSSR count). The Morgan fingerprint density at radius 2 is 1.79 bits per heavy atom. The molecule has 0 bridgehead atoms. The van der Waals surface area contributed by atoms with Crippen molar-refractivity contribution in [3.63, 3.8) is 0 Å². The number of hydrogen-bond acceptors (Lipinski definition) is 3. The molecule has 1 aliphatic carbocycles. The molecule has 0 heterocycles. The Labute approximate surface area is 113 Å². The third kappa shape index (κ3) is 3.81. The molecule has 1 fully saturated rings. The second kappa shape index (κ2) is 5.43. The molecule has 0 aromatic heterocycles. The molecule has 4 nitrogen and oxygen atoms in total. The van der Waals surface area contributed by atoms with Gasteiger partial charge in [0.1, 0.15) is 0 Å². The average Bonchev–Trinajstić information content (AvgIpc) is 3.11. The van der Waals surface area contributed by atoms with Crippen molar-refractivity contribution < 1.29 is 14.3 Å². The third-order valence-corrected chi connectivity index (χ3v) is 3.03. The first-order chi connectivity index (χ1) is 8.95. The maximum Gasteiger partial charge on any atom is 0.338 e. The number of amides is 1. The lowest BCUT2D eigenvalue weighted by Crippen LogP contribution is -2.37. The Bertz CT molecular complexity index is 486. The van der Waals surface area contributed by atoms with Gasteiger partial charge in [-0.15, -0.1) is 0 Å². The van der Waals surface area contributed by atoms with Crippen molar-refractivity contribution >= 4 is 11.9 Å². The number of rotatable bonds is 4. The van der Waals surface area contributed by atoms with Crippen molar-refractivity contribution in [2.45, 2.75) is 45.8 Å². The van der Waals surface area contributed by atoms with E-state index >= 15 is 0 Å². The molecule has 1 atom stereocenters. The van der Waals surface area contributed by atoms with Gasteiger partial charge in [-0.25, -0.2) is 4.79 Å². The molecule has 0 saturated heterocycles. The van der Waals surface area contributed by atoms with Crippen molar-refractivity contribution in [2.24, 2.45) is 0 Å².